The van der Waals surface area contributed by atoms with E-state index in [4.69, 9.17) is 12.2 Å². The van der Waals surface area contributed by atoms with E-state index in [0.717, 1.165) is 22.8 Å². The lowest BCUT2D eigenvalue weighted by Gasteiger charge is -2.23. The molecule has 0 aromatic heterocycles. The Hall–Kier alpha value is -3.76. The molecule has 3 nitrogen and oxygen atoms in total. The van der Waals surface area contributed by atoms with Gasteiger partial charge in [0.15, 0.2) is 0 Å². The number of anilines is 2. The van der Waals surface area contributed by atoms with Gasteiger partial charge in [-0.25, -0.2) is 5.32 Å². The van der Waals surface area contributed by atoms with Gasteiger partial charge in [0.05, 0.1) is 16.9 Å². The van der Waals surface area contributed by atoms with Gasteiger partial charge in [-0.3, -0.25) is 9.89 Å². The summed E-state index contributed by atoms with van der Waals surface area (Å²) in [5.41, 5.74) is 4.25. The molecule has 0 radical (unpaired) electrons. The number of amidine groups is 1. The molecule has 0 bridgehead atoms. The van der Waals surface area contributed by atoms with Crippen molar-refractivity contribution in [3.8, 4) is 0 Å². The number of benzene rings is 4. The highest BCUT2D eigenvalue weighted by Crippen LogP contribution is 2.25. The van der Waals surface area contributed by atoms with Crippen molar-refractivity contribution >= 4 is 34.5 Å². The van der Waals surface area contributed by atoms with Gasteiger partial charge in [-0.2, -0.15) is 0 Å². The largest absolute Gasteiger partial charge is 0.282 e. The van der Waals surface area contributed by atoms with E-state index in [1.54, 1.807) is 0 Å². The Morgan fingerprint density at radius 1 is 0.645 bits per heavy atom. The van der Waals surface area contributed by atoms with Gasteiger partial charge in [-0.05, 0) is 54.2 Å². The van der Waals surface area contributed by atoms with Gasteiger partial charge < -0.3 is 0 Å². The van der Waals surface area contributed by atoms with Crippen molar-refractivity contribution in [1.82, 2.24) is 5.32 Å². The van der Waals surface area contributed by atoms with E-state index in [1.807, 2.05) is 77.7 Å². The fourth-order valence-electron chi connectivity index (χ4n) is 3.31. The first kappa shape index (κ1) is 20.5. The van der Waals surface area contributed by atoms with Crippen molar-refractivity contribution < 1.29 is 4.99 Å². The Morgan fingerprint density at radius 2 is 1.10 bits per heavy atom. The molecule has 0 saturated heterocycles. The third kappa shape index (κ3) is 5.44. The molecule has 4 aromatic rings. The van der Waals surface area contributed by atoms with E-state index in [1.165, 1.54) is 5.56 Å². The van der Waals surface area contributed by atoms with E-state index < -0.39 is 0 Å². The van der Waals surface area contributed by atoms with Crippen LogP contribution < -0.4 is 15.2 Å². The monoisotopic (exact) mass is 422 g/mol. The van der Waals surface area contributed by atoms with Crippen LogP contribution in [0.1, 0.15) is 11.1 Å². The first-order valence-electron chi connectivity index (χ1n) is 10.2. The van der Waals surface area contributed by atoms with E-state index in [2.05, 4.69) is 58.8 Å². The van der Waals surface area contributed by atoms with E-state index in [9.17, 15) is 0 Å². The van der Waals surface area contributed by atoms with Gasteiger partial charge in [-0.1, -0.05) is 84.9 Å². The quantitative estimate of drug-likeness (QED) is 0.283. The molecule has 0 aliphatic carbocycles. The Kier molecular flexibility index (Phi) is 6.83. The Bertz CT molecular complexity index is 1090. The fourth-order valence-corrected chi connectivity index (χ4v) is 3.62. The number of hydrogen-bond donors (Lipinski definition) is 2. The number of thiocarbonyl (C=S) groups is 1. The zero-order chi connectivity index (χ0) is 21.3. The topological polar surface area (TPSA) is 29.2 Å². The molecule has 0 aliphatic heterocycles. The second kappa shape index (κ2) is 10.3. The third-order valence-electron chi connectivity index (χ3n) is 4.84. The SMILES string of the molecule is S=C(NC(=[NH+]Cc1ccccc1)c1ccccc1)N(c1ccccc1)c1ccccc1. The van der Waals surface area contributed by atoms with E-state index >= 15 is 0 Å². The lowest BCUT2D eigenvalue weighted by Crippen LogP contribution is -2.75. The Morgan fingerprint density at radius 3 is 1.61 bits per heavy atom. The van der Waals surface area contributed by atoms with Crippen LogP contribution in [-0.2, 0) is 6.54 Å². The molecule has 31 heavy (non-hydrogen) atoms. The molecule has 0 amide bonds. The van der Waals surface area contributed by atoms with Gasteiger partial charge in [0.25, 0.3) is 10.9 Å². The number of para-hydroxylation sites is 2. The van der Waals surface area contributed by atoms with Gasteiger partial charge in [-0.15, -0.1) is 0 Å². The van der Waals surface area contributed by atoms with Crippen molar-refractivity contribution in [1.29, 1.82) is 0 Å². The summed E-state index contributed by atoms with van der Waals surface area (Å²) in [6.45, 7) is 0.692. The summed E-state index contributed by atoms with van der Waals surface area (Å²) in [6, 6.07) is 40.8. The summed E-state index contributed by atoms with van der Waals surface area (Å²) in [5.74, 6) is 0.867. The highest BCUT2D eigenvalue weighted by Gasteiger charge is 2.21. The molecule has 0 fully saturated rings. The molecule has 0 atom stereocenters. The van der Waals surface area contributed by atoms with Crippen LogP contribution in [0.5, 0.6) is 0 Å². The summed E-state index contributed by atoms with van der Waals surface area (Å²) < 4.78 is 0. The van der Waals surface area contributed by atoms with E-state index in [0.29, 0.717) is 11.7 Å². The van der Waals surface area contributed by atoms with Gasteiger partial charge in [0, 0.05) is 0 Å². The van der Waals surface area contributed by atoms with E-state index in [-0.39, 0.29) is 0 Å². The predicted octanol–water partition coefficient (Wildman–Crippen LogP) is 4.43. The molecule has 0 aliphatic rings. The summed E-state index contributed by atoms with van der Waals surface area (Å²) >= 11 is 5.90. The molecule has 0 spiro atoms. The number of rotatable bonds is 5. The molecular weight excluding hydrogens is 398 g/mol. The average Bonchev–Trinajstić information content (AvgIpc) is 2.84. The number of nitrogens with one attached hydrogen (secondary N) is 2. The van der Waals surface area contributed by atoms with Crippen LogP contribution in [0.4, 0.5) is 11.4 Å². The number of hydrogen-bond acceptors (Lipinski definition) is 1. The normalized spacial score (nSPS) is 11.0. The summed E-state index contributed by atoms with van der Waals surface area (Å²) in [7, 11) is 0. The zero-order valence-electron chi connectivity index (χ0n) is 17.1. The lowest BCUT2D eigenvalue weighted by atomic mass is 10.2. The van der Waals surface area contributed by atoms with Gasteiger partial charge in [0.1, 0.15) is 6.54 Å². The first-order chi connectivity index (χ1) is 15.3. The maximum absolute atomic E-state index is 5.90. The molecule has 152 valence electrons. The van der Waals surface area contributed by atoms with Crippen molar-refractivity contribution in [2.24, 2.45) is 0 Å². The number of nitrogens with zero attached hydrogens (tertiary/aromatic N) is 1. The van der Waals surface area contributed by atoms with Crippen LogP contribution in [0, 0.1) is 0 Å². The molecule has 2 N–H and O–H groups in total. The maximum Gasteiger partial charge on any atom is 0.282 e. The molecule has 0 heterocycles. The fraction of sp³-hybridized carbons (Fsp3) is 0.0370. The van der Waals surface area contributed by atoms with Crippen LogP contribution in [0.15, 0.2) is 121 Å². The van der Waals surface area contributed by atoms with Crippen LogP contribution >= 0.6 is 12.2 Å². The summed E-state index contributed by atoms with van der Waals surface area (Å²) in [6.07, 6.45) is 0. The highest BCUT2D eigenvalue weighted by atomic mass is 32.1. The molecule has 4 aromatic carbocycles. The standard InChI is InChI=1S/C27H23N3S/c31-27(30(24-17-9-3-10-18-24)25-19-11-4-12-20-25)29-26(23-15-7-2-8-16-23)28-21-22-13-5-1-6-14-22/h1-20H,21H2,(H,28,29,31)/p+1. The Balaban J connectivity index is 1.66. The van der Waals surface area contributed by atoms with Gasteiger partial charge in [0.2, 0.25) is 0 Å². The van der Waals surface area contributed by atoms with Crippen molar-refractivity contribution in [3.63, 3.8) is 0 Å². The molecule has 4 heteroatoms. The van der Waals surface area contributed by atoms with Crippen LogP contribution in [-0.4, -0.2) is 10.9 Å². The zero-order valence-corrected chi connectivity index (χ0v) is 17.9. The minimum atomic E-state index is 0.594. The van der Waals surface area contributed by atoms with Crippen molar-refractivity contribution in [3.05, 3.63) is 132 Å². The Labute approximate surface area is 188 Å². The van der Waals surface area contributed by atoms with Crippen LogP contribution in [0.2, 0.25) is 0 Å². The molecular formula is C27H24N3S+. The van der Waals surface area contributed by atoms with Gasteiger partial charge >= 0.3 is 0 Å². The predicted molar refractivity (Wildman–Crippen MR) is 132 cm³/mol. The third-order valence-corrected chi connectivity index (χ3v) is 5.12. The molecule has 0 saturated carbocycles. The smallest absolute Gasteiger partial charge is 0.270 e. The maximum atomic E-state index is 5.90. The van der Waals surface area contributed by atoms with Crippen LogP contribution in [0.3, 0.4) is 0 Å². The highest BCUT2D eigenvalue weighted by molar-refractivity contribution is 7.80. The van der Waals surface area contributed by atoms with Crippen LogP contribution in [0.25, 0.3) is 0 Å². The first-order valence-corrected chi connectivity index (χ1v) is 10.6. The van der Waals surface area contributed by atoms with Crippen molar-refractivity contribution in [2.45, 2.75) is 6.54 Å². The molecule has 4 rings (SSSR count). The minimum absolute atomic E-state index is 0.594. The second-order valence-electron chi connectivity index (χ2n) is 7.02. The summed E-state index contributed by atoms with van der Waals surface area (Å²) in [4.78, 5) is 5.58. The van der Waals surface area contributed by atoms with Crippen molar-refractivity contribution in [2.75, 3.05) is 4.90 Å². The summed E-state index contributed by atoms with van der Waals surface area (Å²) in [5, 5.41) is 4.06. The molecule has 0 unspecified atom stereocenters. The minimum Gasteiger partial charge on any atom is -0.270 e. The second-order valence-corrected chi connectivity index (χ2v) is 7.40. The lowest BCUT2D eigenvalue weighted by molar-refractivity contribution is -0.476. The average molecular weight is 423 g/mol.